The van der Waals surface area contributed by atoms with Crippen molar-refractivity contribution in [2.24, 2.45) is 0 Å². The maximum Gasteiger partial charge on any atom is 0.251 e. The summed E-state index contributed by atoms with van der Waals surface area (Å²) in [5.41, 5.74) is 1.44. The van der Waals surface area contributed by atoms with Crippen molar-refractivity contribution in [3.63, 3.8) is 0 Å². The number of hydrogen-bond donors (Lipinski definition) is 3. The lowest BCUT2D eigenvalue weighted by Crippen LogP contribution is -2.57. The average molecular weight is 366 g/mol. The van der Waals surface area contributed by atoms with Crippen LogP contribution in [-0.2, 0) is 11.2 Å². The molecule has 0 radical (unpaired) electrons. The van der Waals surface area contributed by atoms with Gasteiger partial charge in [-0.05, 0) is 50.1 Å². The van der Waals surface area contributed by atoms with Crippen molar-refractivity contribution >= 4 is 11.8 Å². The highest BCUT2D eigenvalue weighted by Crippen LogP contribution is 2.10. The Hall–Kier alpha value is -2.73. The fourth-order valence-electron chi connectivity index (χ4n) is 3.32. The molecule has 0 saturated carbocycles. The summed E-state index contributed by atoms with van der Waals surface area (Å²) in [4.78, 5) is 29.6. The number of carbonyl (C=O) groups is 2. The van der Waals surface area contributed by atoms with Gasteiger partial charge in [-0.25, -0.2) is 0 Å². The van der Waals surface area contributed by atoms with Crippen molar-refractivity contribution in [3.8, 4) is 0 Å². The van der Waals surface area contributed by atoms with Crippen LogP contribution >= 0.6 is 0 Å². The van der Waals surface area contributed by atoms with Crippen LogP contribution in [0.4, 0.5) is 0 Å². The van der Waals surface area contributed by atoms with Crippen LogP contribution in [0.1, 0.15) is 35.7 Å². The van der Waals surface area contributed by atoms with Crippen molar-refractivity contribution in [2.75, 3.05) is 6.54 Å². The molecule has 3 atom stereocenters. The van der Waals surface area contributed by atoms with E-state index in [1.807, 2.05) is 18.2 Å². The molecule has 0 bridgehead atoms. The quantitative estimate of drug-likeness (QED) is 0.726. The molecule has 1 aromatic heterocycles. The lowest BCUT2D eigenvalue weighted by atomic mass is 9.98. The summed E-state index contributed by atoms with van der Waals surface area (Å²) < 4.78 is 0. The Kier molecular flexibility index (Phi) is 6.54. The summed E-state index contributed by atoms with van der Waals surface area (Å²) in [6.45, 7) is 3.04. The van der Waals surface area contributed by atoms with Gasteiger partial charge in [0, 0.05) is 36.5 Å². The van der Waals surface area contributed by atoms with Crippen molar-refractivity contribution < 1.29 is 9.59 Å². The number of hydrogen-bond acceptors (Lipinski definition) is 4. The Balaban J connectivity index is 1.72. The number of rotatable bonds is 6. The maximum absolute atomic E-state index is 13.0. The first-order valence-corrected chi connectivity index (χ1v) is 9.42. The molecule has 1 saturated heterocycles. The summed E-state index contributed by atoms with van der Waals surface area (Å²) in [7, 11) is 0. The molecule has 3 unspecified atom stereocenters. The first kappa shape index (κ1) is 19.0. The number of carbonyl (C=O) groups excluding carboxylic acids is 2. The van der Waals surface area contributed by atoms with Crippen molar-refractivity contribution in [3.05, 3.63) is 66.0 Å². The zero-order valence-corrected chi connectivity index (χ0v) is 15.5. The van der Waals surface area contributed by atoms with E-state index in [1.165, 1.54) is 0 Å². The molecule has 1 fully saturated rings. The van der Waals surface area contributed by atoms with Gasteiger partial charge in [0.25, 0.3) is 5.91 Å². The predicted octanol–water partition coefficient (Wildman–Crippen LogP) is 1.68. The fourth-order valence-corrected chi connectivity index (χ4v) is 3.32. The van der Waals surface area contributed by atoms with Crippen LogP contribution in [-0.4, -0.2) is 41.5 Å². The van der Waals surface area contributed by atoms with E-state index in [9.17, 15) is 9.59 Å². The molecule has 3 N–H and O–H groups in total. The first-order chi connectivity index (χ1) is 13.1. The Labute approximate surface area is 159 Å². The summed E-state index contributed by atoms with van der Waals surface area (Å²) in [5.74, 6) is -0.418. The van der Waals surface area contributed by atoms with Crippen LogP contribution in [0.3, 0.4) is 0 Å². The highest BCUT2D eigenvalue weighted by molar-refractivity contribution is 5.97. The van der Waals surface area contributed by atoms with E-state index in [1.54, 1.807) is 36.7 Å². The second-order valence-electron chi connectivity index (χ2n) is 6.96. The molecule has 0 spiro atoms. The summed E-state index contributed by atoms with van der Waals surface area (Å²) in [6, 6.07) is 12.3. The van der Waals surface area contributed by atoms with Gasteiger partial charge in [0.15, 0.2) is 0 Å². The zero-order valence-electron chi connectivity index (χ0n) is 15.5. The minimum absolute atomic E-state index is 0.0660. The van der Waals surface area contributed by atoms with Crippen LogP contribution < -0.4 is 16.0 Å². The molecular formula is C21H26N4O2. The molecular weight excluding hydrogens is 340 g/mol. The third-order valence-corrected chi connectivity index (χ3v) is 4.91. The molecule has 1 aromatic carbocycles. The van der Waals surface area contributed by atoms with Gasteiger partial charge in [-0.3, -0.25) is 14.6 Å². The smallest absolute Gasteiger partial charge is 0.251 e. The van der Waals surface area contributed by atoms with Gasteiger partial charge in [0.1, 0.15) is 6.04 Å². The number of nitrogens with one attached hydrogen (secondary N) is 3. The van der Waals surface area contributed by atoms with E-state index >= 15 is 0 Å². The number of nitrogens with zero attached hydrogens (tertiary/aromatic N) is 1. The van der Waals surface area contributed by atoms with Gasteiger partial charge < -0.3 is 16.0 Å². The van der Waals surface area contributed by atoms with E-state index in [2.05, 4.69) is 27.9 Å². The second kappa shape index (κ2) is 9.28. The van der Waals surface area contributed by atoms with Crippen LogP contribution in [0.25, 0.3) is 0 Å². The Morgan fingerprint density at radius 3 is 2.74 bits per heavy atom. The summed E-state index contributed by atoms with van der Waals surface area (Å²) in [5, 5.41) is 9.38. The van der Waals surface area contributed by atoms with E-state index in [4.69, 9.17) is 0 Å². The highest BCUT2D eigenvalue weighted by Gasteiger charge is 2.27. The molecule has 27 heavy (non-hydrogen) atoms. The number of amides is 2. The third kappa shape index (κ3) is 5.37. The van der Waals surface area contributed by atoms with Gasteiger partial charge in [-0.1, -0.05) is 24.3 Å². The number of pyridine rings is 1. The molecule has 142 valence electrons. The van der Waals surface area contributed by atoms with Crippen LogP contribution in [0.2, 0.25) is 0 Å². The summed E-state index contributed by atoms with van der Waals surface area (Å²) >= 11 is 0. The third-order valence-electron chi connectivity index (χ3n) is 4.91. The Morgan fingerprint density at radius 2 is 2.04 bits per heavy atom. The normalized spacial score (nSPS) is 20.5. The molecule has 1 aliphatic rings. The van der Waals surface area contributed by atoms with E-state index in [-0.39, 0.29) is 23.9 Å². The molecule has 6 heteroatoms. The minimum Gasteiger partial charge on any atom is -0.350 e. The largest absolute Gasteiger partial charge is 0.350 e. The average Bonchev–Trinajstić information content (AvgIpc) is 2.70. The van der Waals surface area contributed by atoms with Gasteiger partial charge >= 0.3 is 0 Å². The number of benzene rings is 1. The second-order valence-corrected chi connectivity index (χ2v) is 6.96. The van der Waals surface area contributed by atoms with Crippen molar-refractivity contribution in [2.45, 2.75) is 44.3 Å². The molecule has 0 aliphatic carbocycles. The topological polar surface area (TPSA) is 83.1 Å². The highest BCUT2D eigenvalue weighted by atomic mass is 16.2. The van der Waals surface area contributed by atoms with Gasteiger partial charge in [0.2, 0.25) is 5.91 Å². The lowest BCUT2D eigenvalue weighted by molar-refractivity contribution is -0.124. The fraction of sp³-hybridized carbons (Fsp3) is 0.381. The standard InChI is InChI=1S/C21H26N4O2/c1-15-18(10-6-12-23-15)24-21(27)19(13-16-7-5-11-22-14-16)25-20(26)17-8-3-2-4-9-17/h2-5,7-9,11,14-15,18-19,23H,6,10,12-13H2,1H3,(H,24,27)(H,25,26). The van der Waals surface area contributed by atoms with E-state index < -0.39 is 6.04 Å². The van der Waals surface area contributed by atoms with Crippen LogP contribution in [0.5, 0.6) is 0 Å². The van der Waals surface area contributed by atoms with E-state index in [0.717, 1.165) is 24.9 Å². The SMILES string of the molecule is CC1NCCCC1NC(=O)C(Cc1cccnc1)NC(=O)c1ccccc1. The van der Waals surface area contributed by atoms with Gasteiger partial charge in [0.05, 0.1) is 0 Å². The molecule has 6 nitrogen and oxygen atoms in total. The monoisotopic (exact) mass is 366 g/mol. The van der Waals surface area contributed by atoms with Gasteiger partial charge in [-0.15, -0.1) is 0 Å². The Bertz CT molecular complexity index is 751. The summed E-state index contributed by atoms with van der Waals surface area (Å²) in [6.07, 6.45) is 5.77. The minimum atomic E-state index is -0.656. The van der Waals surface area contributed by atoms with Gasteiger partial charge in [-0.2, -0.15) is 0 Å². The molecule has 1 aliphatic heterocycles. The number of aromatic nitrogens is 1. The first-order valence-electron chi connectivity index (χ1n) is 9.42. The Morgan fingerprint density at radius 1 is 1.22 bits per heavy atom. The molecule has 3 rings (SSSR count). The van der Waals surface area contributed by atoms with E-state index in [0.29, 0.717) is 12.0 Å². The number of piperidine rings is 1. The zero-order chi connectivity index (χ0) is 19.1. The molecule has 2 aromatic rings. The van der Waals surface area contributed by atoms with Crippen LogP contribution in [0, 0.1) is 0 Å². The van der Waals surface area contributed by atoms with Crippen LogP contribution in [0.15, 0.2) is 54.9 Å². The van der Waals surface area contributed by atoms with Crippen molar-refractivity contribution in [1.82, 2.24) is 20.9 Å². The lowest BCUT2D eigenvalue weighted by Gasteiger charge is -2.32. The predicted molar refractivity (Wildman–Crippen MR) is 104 cm³/mol. The maximum atomic E-state index is 13.0. The molecule has 2 heterocycles. The molecule has 2 amide bonds. The van der Waals surface area contributed by atoms with Crippen molar-refractivity contribution in [1.29, 1.82) is 0 Å².